The third-order valence-corrected chi connectivity index (χ3v) is 7.44. The number of aliphatic hydroxyl groups is 1. The smallest absolute Gasteiger partial charge is 0.392 e. The van der Waals surface area contributed by atoms with Crippen molar-refractivity contribution in [2.24, 2.45) is 7.05 Å². The summed E-state index contributed by atoms with van der Waals surface area (Å²) in [6, 6.07) is 11.3. The molecule has 12 heteroatoms. The Kier molecular flexibility index (Phi) is 6.65. The third kappa shape index (κ3) is 5.34. The van der Waals surface area contributed by atoms with E-state index in [4.69, 9.17) is 0 Å². The van der Waals surface area contributed by atoms with Crippen molar-refractivity contribution in [1.29, 1.82) is 0 Å². The molecule has 2 aromatic carbocycles. The summed E-state index contributed by atoms with van der Waals surface area (Å²) in [4.78, 5) is 32.5. The Labute approximate surface area is 232 Å². The van der Waals surface area contributed by atoms with Crippen molar-refractivity contribution in [2.75, 3.05) is 16.8 Å². The molecule has 0 bridgehead atoms. The van der Waals surface area contributed by atoms with Crippen LogP contribution in [0.5, 0.6) is 0 Å². The fourth-order valence-corrected chi connectivity index (χ4v) is 5.29. The summed E-state index contributed by atoms with van der Waals surface area (Å²) in [5.74, 6) is 0.322. The number of hydrogen-bond acceptors (Lipinski definition) is 6. The van der Waals surface area contributed by atoms with E-state index in [9.17, 15) is 27.9 Å². The molecule has 0 unspecified atom stereocenters. The average molecular weight is 565 g/mol. The Morgan fingerprint density at radius 3 is 2.63 bits per heavy atom. The summed E-state index contributed by atoms with van der Waals surface area (Å²) in [5, 5.41) is 16.9. The number of hydrogen-bond donors (Lipinski definition) is 2. The van der Waals surface area contributed by atoms with Gasteiger partial charge in [-0.25, -0.2) is 4.98 Å². The molecular formula is C29H27F3N6O3. The van der Waals surface area contributed by atoms with Gasteiger partial charge in [0, 0.05) is 42.7 Å². The minimum Gasteiger partial charge on any atom is -0.392 e. The lowest BCUT2D eigenvalue weighted by Gasteiger charge is -2.31. The number of carbonyl (C=O) groups is 1. The first kappa shape index (κ1) is 26.8. The lowest BCUT2D eigenvalue weighted by atomic mass is 9.93. The molecule has 0 atom stereocenters. The number of nitrogens with zero attached hydrogens (tertiary/aromatic N) is 5. The van der Waals surface area contributed by atoms with Crippen LogP contribution in [0.3, 0.4) is 0 Å². The van der Waals surface area contributed by atoms with Gasteiger partial charge in [0.1, 0.15) is 6.54 Å². The van der Waals surface area contributed by atoms with E-state index in [2.05, 4.69) is 21.5 Å². The van der Waals surface area contributed by atoms with Gasteiger partial charge in [-0.1, -0.05) is 24.3 Å². The summed E-state index contributed by atoms with van der Waals surface area (Å²) in [5.41, 5.74) is 4.47. The minimum absolute atomic E-state index is 0.125. The Morgan fingerprint density at radius 2 is 1.90 bits per heavy atom. The summed E-state index contributed by atoms with van der Waals surface area (Å²) in [6.07, 6.45) is 2.42. The van der Waals surface area contributed by atoms with E-state index in [0.29, 0.717) is 51.6 Å². The highest BCUT2D eigenvalue weighted by atomic mass is 19.4. The zero-order valence-corrected chi connectivity index (χ0v) is 22.1. The molecule has 0 spiro atoms. The van der Waals surface area contributed by atoms with Gasteiger partial charge >= 0.3 is 6.18 Å². The quantitative estimate of drug-likeness (QED) is 0.342. The number of halogens is 3. The molecule has 1 amide bonds. The van der Waals surface area contributed by atoms with E-state index in [1.165, 1.54) is 42.4 Å². The minimum atomic E-state index is -4.44. The van der Waals surface area contributed by atoms with Crippen molar-refractivity contribution in [1.82, 2.24) is 19.3 Å². The van der Waals surface area contributed by atoms with Crippen LogP contribution in [0.4, 0.5) is 30.4 Å². The Morgan fingerprint density at radius 1 is 1.10 bits per heavy atom. The normalized spacial score (nSPS) is 15.2. The standard InChI is InChI=1S/C29H27F3N6O3/c1-36-14-24(35-26(28(36)41)34-20-12-33-37(13-20)16-29(30,31)32)22-3-2-4-25(23(22)15-39)38-10-9-19-11-18(17-5-6-17)7-8-21(19)27(38)40/h2-4,7-8,11-14,17,39H,5-6,9-10,15-16H2,1H3,(H,34,35). The maximum Gasteiger partial charge on any atom is 0.408 e. The molecule has 41 heavy (non-hydrogen) atoms. The van der Waals surface area contributed by atoms with Crippen LogP contribution in [0.25, 0.3) is 11.3 Å². The zero-order valence-electron chi connectivity index (χ0n) is 22.1. The average Bonchev–Trinajstić information content (AvgIpc) is 3.70. The van der Waals surface area contributed by atoms with E-state index < -0.39 is 18.3 Å². The van der Waals surface area contributed by atoms with E-state index >= 15 is 0 Å². The first-order chi connectivity index (χ1) is 19.6. The van der Waals surface area contributed by atoms with Crippen molar-refractivity contribution in [2.45, 2.75) is 44.5 Å². The molecule has 1 fully saturated rings. The topological polar surface area (TPSA) is 105 Å². The van der Waals surface area contributed by atoms with E-state index in [-0.39, 0.29) is 24.0 Å². The molecular weight excluding hydrogens is 537 g/mol. The molecule has 0 saturated heterocycles. The summed E-state index contributed by atoms with van der Waals surface area (Å²) in [6.45, 7) is -1.21. The highest BCUT2D eigenvalue weighted by molar-refractivity contribution is 6.09. The Hall–Kier alpha value is -4.45. The lowest BCUT2D eigenvalue weighted by Crippen LogP contribution is -2.38. The fraction of sp³-hybridized carbons (Fsp3) is 0.310. The van der Waals surface area contributed by atoms with Crippen molar-refractivity contribution < 1.29 is 23.1 Å². The molecule has 2 aromatic heterocycles. The van der Waals surface area contributed by atoms with Crippen LogP contribution in [-0.2, 0) is 26.6 Å². The van der Waals surface area contributed by atoms with Crippen LogP contribution in [0, 0.1) is 0 Å². The molecule has 4 aromatic rings. The second-order valence-corrected chi connectivity index (χ2v) is 10.4. The monoisotopic (exact) mass is 564 g/mol. The van der Waals surface area contributed by atoms with Gasteiger partial charge < -0.3 is 19.9 Å². The molecule has 212 valence electrons. The molecule has 9 nitrogen and oxygen atoms in total. The second kappa shape index (κ2) is 10.2. The first-order valence-corrected chi connectivity index (χ1v) is 13.2. The molecule has 0 radical (unpaired) electrons. The van der Waals surface area contributed by atoms with Crippen LogP contribution in [0.2, 0.25) is 0 Å². The molecule has 6 rings (SSSR count). The zero-order chi connectivity index (χ0) is 28.9. The summed E-state index contributed by atoms with van der Waals surface area (Å²) < 4.78 is 40.2. The Balaban J connectivity index is 1.32. The number of fused-ring (bicyclic) bond motifs is 1. The highest BCUT2D eigenvalue weighted by Gasteiger charge is 2.31. The summed E-state index contributed by atoms with van der Waals surface area (Å²) in [7, 11) is 1.52. The molecule has 1 aliphatic carbocycles. The number of rotatable bonds is 7. The number of anilines is 3. The van der Waals surface area contributed by atoms with Crippen molar-refractivity contribution in [3.63, 3.8) is 0 Å². The predicted octanol–water partition coefficient (Wildman–Crippen LogP) is 4.52. The molecule has 3 heterocycles. The number of nitrogens with one attached hydrogen (secondary N) is 1. The largest absolute Gasteiger partial charge is 0.408 e. The van der Waals surface area contributed by atoms with Gasteiger partial charge in [-0.05, 0) is 48.4 Å². The van der Waals surface area contributed by atoms with Crippen LogP contribution in [0.15, 0.2) is 59.8 Å². The molecule has 2 aliphatic rings. The van der Waals surface area contributed by atoms with Crippen LogP contribution >= 0.6 is 0 Å². The van der Waals surface area contributed by atoms with Gasteiger partial charge in [0.15, 0.2) is 5.82 Å². The number of amides is 1. The van der Waals surface area contributed by atoms with Crippen LogP contribution in [0.1, 0.15) is 45.8 Å². The number of benzene rings is 2. The number of aliphatic hydroxyl groups excluding tert-OH is 1. The number of aromatic nitrogens is 4. The number of aryl methyl sites for hydroxylation is 1. The van der Waals surface area contributed by atoms with Gasteiger partial charge in [-0.15, -0.1) is 0 Å². The van der Waals surface area contributed by atoms with Crippen molar-refractivity contribution in [3.05, 3.63) is 87.6 Å². The SMILES string of the molecule is Cn1cc(-c2cccc(N3CCc4cc(C5CC5)ccc4C3=O)c2CO)nc(Nc2cnn(CC(F)(F)F)c2)c1=O. The predicted molar refractivity (Wildman–Crippen MR) is 146 cm³/mol. The maximum atomic E-state index is 13.6. The number of alkyl halides is 3. The van der Waals surface area contributed by atoms with Gasteiger partial charge in [0.05, 0.1) is 29.9 Å². The van der Waals surface area contributed by atoms with Gasteiger partial charge in [-0.3, -0.25) is 14.3 Å². The molecule has 1 aliphatic heterocycles. The fourth-order valence-electron chi connectivity index (χ4n) is 5.29. The van der Waals surface area contributed by atoms with Gasteiger partial charge in [-0.2, -0.15) is 18.3 Å². The van der Waals surface area contributed by atoms with Gasteiger partial charge in [0.2, 0.25) is 0 Å². The highest BCUT2D eigenvalue weighted by Crippen LogP contribution is 2.41. The second-order valence-electron chi connectivity index (χ2n) is 10.4. The van der Waals surface area contributed by atoms with E-state index in [1.807, 2.05) is 12.1 Å². The first-order valence-electron chi connectivity index (χ1n) is 13.2. The maximum absolute atomic E-state index is 13.6. The Bertz CT molecular complexity index is 1710. The van der Waals surface area contributed by atoms with Crippen molar-refractivity contribution in [3.8, 4) is 11.3 Å². The van der Waals surface area contributed by atoms with Gasteiger partial charge in [0.25, 0.3) is 11.5 Å². The molecule has 2 N–H and O–H groups in total. The lowest BCUT2D eigenvalue weighted by molar-refractivity contribution is -0.142. The van der Waals surface area contributed by atoms with E-state index in [1.54, 1.807) is 23.1 Å². The summed E-state index contributed by atoms with van der Waals surface area (Å²) >= 11 is 0. The number of carbonyl (C=O) groups excluding carboxylic acids is 1. The van der Waals surface area contributed by atoms with Crippen LogP contribution < -0.4 is 15.8 Å². The van der Waals surface area contributed by atoms with E-state index in [0.717, 1.165) is 11.8 Å². The van der Waals surface area contributed by atoms with Crippen molar-refractivity contribution >= 4 is 23.1 Å². The molecule has 1 saturated carbocycles. The van der Waals surface area contributed by atoms with Crippen LogP contribution in [-0.4, -0.2) is 43.1 Å². The third-order valence-electron chi connectivity index (χ3n) is 7.44.